The van der Waals surface area contributed by atoms with Crippen LogP contribution in [0.4, 0.5) is 5.69 Å². The summed E-state index contributed by atoms with van der Waals surface area (Å²) in [5, 5.41) is 12.3. The zero-order valence-electron chi connectivity index (χ0n) is 14.5. The lowest BCUT2D eigenvalue weighted by Crippen LogP contribution is -2.15. The first-order valence-corrected chi connectivity index (χ1v) is 10.1. The number of rotatable bonds is 7. The molecule has 7 heteroatoms. The van der Waals surface area contributed by atoms with Crippen molar-refractivity contribution in [2.24, 2.45) is 5.92 Å². The lowest BCUT2D eigenvalue weighted by Gasteiger charge is -2.10. The second-order valence-corrected chi connectivity index (χ2v) is 8.23. The van der Waals surface area contributed by atoms with E-state index in [0.717, 1.165) is 38.8 Å². The molecule has 0 unspecified atom stereocenters. The van der Waals surface area contributed by atoms with Crippen LogP contribution in [-0.2, 0) is 17.8 Å². The van der Waals surface area contributed by atoms with Crippen LogP contribution in [0.15, 0.2) is 23.4 Å². The number of hydrogen-bond donors (Lipinski definition) is 1. The first-order valence-electron chi connectivity index (χ1n) is 8.01. The molecule has 0 aliphatic rings. The van der Waals surface area contributed by atoms with Gasteiger partial charge in [0.1, 0.15) is 5.82 Å². The maximum absolute atomic E-state index is 12.2. The molecule has 5 nitrogen and oxygen atoms in total. The Kier molecular flexibility index (Phi) is 7.09. The molecule has 1 N–H and O–H groups in total. The van der Waals surface area contributed by atoms with Gasteiger partial charge in [-0.2, -0.15) is 0 Å². The second kappa shape index (κ2) is 8.84. The number of nitrogens with one attached hydrogen (secondary N) is 1. The number of benzene rings is 1. The summed E-state index contributed by atoms with van der Waals surface area (Å²) in [6.45, 7) is 9.22. The monoisotopic (exact) mass is 458 g/mol. The fourth-order valence-corrected chi connectivity index (χ4v) is 3.81. The smallest absolute Gasteiger partial charge is 0.234 e. The molecule has 0 saturated heterocycles. The highest BCUT2D eigenvalue weighted by Gasteiger charge is 2.14. The van der Waals surface area contributed by atoms with Crippen molar-refractivity contribution in [3.63, 3.8) is 0 Å². The summed E-state index contributed by atoms with van der Waals surface area (Å²) in [6.07, 6.45) is 0.898. The van der Waals surface area contributed by atoms with Gasteiger partial charge in [-0.3, -0.25) is 4.79 Å². The van der Waals surface area contributed by atoms with E-state index >= 15 is 0 Å². The van der Waals surface area contributed by atoms with Gasteiger partial charge in [0, 0.05) is 22.2 Å². The zero-order valence-corrected chi connectivity index (χ0v) is 17.4. The van der Waals surface area contributed by atoms with Gasteiger partial charge in [0.05, 0.1) is 5.75 Å². The predicted octanol–water partition coefficient (Wildman–Crippen LogP) is 4.14. The zero-order chi connectivity index (χ0) is 17.7. The number of aryl methyl sites for hydroxylation is 1. The van der Waals surface area contributed by atoms with Crippen LogP contribution >= 0.6 is 34.4 Å². The molecule has 0 spiro atoms. The molecule has 2 rings (SSSR count). The summed E-state index contributed by atoms with van der Waals surface area (Å²) >= 11 is 3.70. The number of nitrogens with zero attached hydrogens (tertiary/aromatic N) is 3. The lowest BCUT2D eigenvalue weighted by molar-refractivity contribution is -0.113. The SMILES string of the molecule is CCn1c(CC(C)C)nnc1SCC(=O)Nc1ccc(I)cc1C. The normalized spacial score (nSPS) is 11.1. The van der Waals surface area contributed by atoms with Crippen LogP contribution < -0.4 is 5.32 Å². The fraction of sp³-hybridized carbons (Fsp3) is 0.471. The van der Waals surface area contributed by atoms with Crippen molar-refractivity contribution in [3.8, 4) is 0 Å². The number of carbonyl (C=O) groups is 1. The van der Waals surface area contributed by atoms with Crippen molar-refractivity contribution in [3.05, 3.63) is 33.2 Å². The van der Waals surface area contributed by atoms with Crippen molar-refractivity contribution in [1.29, 1.82) is 0 Å². The lowest BCUT2D eigenvalue weighted by atomic mass is 10.1. The van der Waals surface area contributed by atoms with Crippen molar-refractivity contribution in [1.82, 2.24) is 14.8 Å². The van der Waals surface area contributed by atoms with E-state index in [-0.39, 0.29) is 5.91 Å². The van der Waals surface area contributed by atoms with Gasteiger partial charge in [-0.05, 0) is 66.1 Å². The molecule has 24 heavy (non-hydrogen) atoms. The molecular formula is C17H23IN4OS. The third kappa shape index (κ3) is 5.20. The fourth-order valence-electron chi connectivity index (χ4n) is 2.34. The summed E-state index contributed by atoms with van der Waals surface area (Å²) < 4.78 is 3.25. The van der Waals surface area contributed by atoms with Gasteiger partial charge in [-0.1, -0.05) is 25.6 Å². The molecule has 1 amide bonds. The van der Waals surface area contributed by atoms with E-state index in [1.54, 1.807) is 0 Å². The van der Waals surface area contributed by atoms with Crippen LogP contribution in [0.25, 0.3) is 0 Å². The number of anilines is 1. The molecular weight excluding hydrogens is 435 g/mol. The van der Waals surface area contributed by atoms with Gasteiger partial charge in [0.15, 0.2) is 5.16 Å². The summed E-state index contributed by atoms with van der Waals surface area (Å²) in [5.74, 6) is 1.82. The molecule has 0 radical (unpaired) electrons. The minimum absolute atomic E-state index is 0.0274. The van der Waals surface area contributed by atoms with Crippen LogP contribution in [0.3, 0.4) is 0 Å². The van der Waals surface area contributed by atoms with E-state index in [2.05, 4.69) is 69.5 Å². The average molecular weight is 458 g/mol. The molecule has 1 aromatic heterocycles. The van der Waals surface area contributed by atoms with Crippen LogP contribution in [-0.4, -0.2) is 26.4 Å². The summed E-state index contributed by atoms with van der Waals surface area (Å²) in [6, 6.07) is 5.98. The van der Waals surface area contributed by atoms with Crippen molar-refractivity contribution < 1.29 is 4.79 Å². The van der Waals surface area contributed by atoms with Gasteiger partial charge in [-0.25, -0.2) is 0 Å². The van der Waals surface area contributed by atoms with Crippen molar-refractivity contribution in [2.75, 3.05) is 11.1 Å². The molecule has 0 saturated carbocycles. The standard InChI is InChI=1S/C17H23IN4OS/c1-5-22-15(8-11(2)3)20-21-17(22)24-10-16(23)19-14-7-6-13(18)9-12(14)4/h6-7,9,11H,5,8,10H2,1-4H3,(H,19,23). The quantitative estimate of drug-likeness (QED) is 0.501. The van der Waals surface area contributed by atoms with E-state index in [0.29, 0.717) is 11.7 Å². The van der Waals surface area contributed by atoms with E-state index in [1.807, 2.05) is 19.1 Å². The van der Waals surface area contributed by atoms with Crippen molar-refractivity contribution >= 4 is 45.9 Å². The topological polar surface area (TPSA) is 59.8 Å². The average Bonchev–Trinajstić information content (AvgIpc) is 2.89. The maximum Gasteiger partial charge on any atom is 0.234 e. The molecule has 0 bridgehead atoms. The third-order valence-electron chi connectivity index (χ3n) is 3.50. The van der Waals surface area contributed by atoms with Crippen LogP contribution in [0.2, 0.25) is 0 Å². The largest absolute Gasteiger partial charge is 0.325 e. The van der Waals surface area contributed by atoms with E-state index < -0.39 is 0 Å². The van der Waals surface area contributed by atoms with Gasteiger partial charge in [0.2, 0.25) is 5.91 Å². The second-order valence-electron chi connectivity index (χ2n) is 6.04. The number of thioether (sulfide) groups is 1. The highest BCUT2D eigenvalue weighted by Crippen LogP contribution is 2.21. The first-order chi connectivity index (χ1) is 11.4. The molecule has 0 atom stereocenters. The number of aromatic nitrogens is 3. The van der Waals surface area contributed by atoms with Gasteiger partial charge >= 0.3 is 0 Å². The van der Waals surface area contributed by atoms with Crippen LogP contribution in [0.1, 0.15) is 32.2 Å². The Morgan fingerprint density at radius 2 is 2.12 bits per heavy atom. The Morgan fingerprint density at radius 1 is 1.38 bits per heavy atom. The maximum atomic E-state index is 12.2. The van der Waals surface area contributed by atoms with Gasteiger partial charge in [-0.15, -0.1) is 10.2 Å². The van der Waals surface area contributed by atoms with Gasteiger partial charge < -0.3 is 9.88 Å². The molecule has 2 aromatic rings. The summed E-state index contributed by atoms with van der Waals surface area (Å²) in [4.78, 5) is 12.2. The molecule has 0 aliphatic carbocycles. The number of amides is 1. The Balaban J connectivity index is 1.97. The molecule has 0 fully saturated rings. The number of hydrogen-bond acceptors (Lipinski definition) is 4. The number of halogens is 1. The minimum atomic E-state index is -0.0274. The van der Waals surface area contributed by atoms with Crippen molar-refractivity contribution in [2.45, 2.75) is 45.8 Å². The van der Waals surface area contributed by atoms with Crippen LogP contribution in [0, 0.1) is 16.4 Å². The molecule has 1 heterocycles. The van der Waals surface area contributed by atoms with E-state index in [9.17, 15) is 4.79 Å². The Bertz CT molecular complexity index is 715. The van der Waals surface area contributed by atoms with E-state index in [1.165, 1.54) is 11.8 Å². The summed E-state index contributed by atoms with van der Waals surface area (Å²) in [7, 11) is 0. The third-order valence-corrected chi connectivity index (χ3v) is 5.13. The highest BCUT2D eigenvalue weighted by atomic mass is 127. The van der Waals surface area contributed by atoms with Gasteiger partial charge in [0.25, 0.3) is 0 Å². The first kappa shape index (κ1) is 19.2. The van der Waals surface area contributed by atoms with E-state index in [4.69, 9.17) is 0 Å². The Morgan fingerprint density at radius 3 is 2.75 bits per heavy atom. The predicted molar refractivity (Wildman–Crippen MR) is 107 cm³/mol. The Hall–Kier alpha value is -1.09. The summed E-state index contributed by atoms with van der Waals surface area (Å²) in [5.41, 5.74) is 1.93. The van der Waals surface area contributed by atoms with Crippen LogP contribution in [0.5, 0.6) is 0 Å². The molecule has 130 valence electrons. The minimum Gasteiger partial charge on any atom is -0.325 e. The molecule has 0 aliphatic heterocycles. The molecule has 1 aromatic carbocycles. The Labute approximate surface area is 161 Å². The number of carbonyl (C=O) groups excluding carboxylic acids is 1. The highest BCUT2D eigenvalue weighted by molar-refractivity contribution is 14.1.